The fourth-order valence-corrected chi connectivity index (χ4v) is 4.61. The normalized spacial score (nSPS) is 17.5. The molecule has 1 fully saturated rings. The van der Waals surface area contributed by atoms with Crippen LogP contribution >= 0.6 is 0 Å². The Balaban J connectivity index is 2.14. The van der Waals surface area contributed by atoms with Gasteiger partial charge in [-0.1, -0.05) is 17.7 Å². The predicted molar refractivity (Wildman–Crippen MR) is 86.1 cm³/mol. The first kappa shape index (κ1) is 17.0. The minimum absolute atomic E-state index is 0.0689. The van der Waals surface area contributed by atoms with Crippen molar-refractivity contribution >= 4 is 15.9 Å². The maximum absolute atomic E-state index is 12.8. The van der Waals surface area contributed by atoms with Crippen molar-refractivity contribution in [3.05, 3.63) is 29.3 Å². The topological polar surface area (TPSA) is 57.7 Å². The Morgan fingerprint density at radius 2 is 1.77 bits per heavy atom. The summed E-state index contributed by atoms with van der Waals surface area (Å²) in [6.45, 7) is 4.57. The number of nitrogens with zero attached hydrogens (tertiary/aromatic N) is 2. The van der Waals surface area contributed by atoms with Gasteiger partial charge in [-0.15, -0.1) is 0 Å². The Morgan fingerprint density at radius 3 is 2.27 bits per heavy atom. The van der Waals surface area contributed by atoms with Crippen molar-refractivity contribution in [2.45, 2.75) is 31.6 Å². The number of amides is 1. The van der Waals surface area contributed by atoms with Gasteiger partial charge in [0, 0.05) is 33.1 Å². The fraction of sp³-hybridized carbons (Fsp3) is 0.562. The third-order valence-electron chi connectivity index (χ3n) is 4.19. The predicted octanol–water partition coefficient (Wildman–Crippen LogP) is 1.79. The van der Waals surface area contributed by atoms with Crippen LogP contribution in [0.2, 0.25) is 0 Å². The number of carbonyl (C=O) groups excluding carboxylic acids is 1. The minimum Gasteiger partial charge on any atom is -0.349 e. The lowest BCUT2D eigenvalue weighted by molar-refractivity contribution is -0.134. The van der Waals surface area contributed by atoms with Crippen LogP contribution < -0.4 is 0 Å². The largest absolute Gasteiger partial charge is 0.349 e. The SMILES string of the molecule is Cc1ccc(S(=O)(=O)N2CCC(C(=O)N(C)C)CC2)c(C)c1. The summed E-state index contributed by atoms with van der Waals surface area (Å²) in [5, 5.41) is 0. The number of benzene rings is 1. The lowest BCUT2D eigenvalue weighted by Gasteiger charge is -2.32. The summed E-state index contributed by atoms with van der Waals surface area (Å²) in [5.74, 6) is 0.0177. The average molecular weight is 324 g/mol. The molecule has 5 nitrogen and oxygen atoms in total. The van der Waals surface area contributed by atoms with Crippen LogP contribution in [0, 0.1) is 19.8 Å². The Hall–Kier alpha value is -1.40. The van der Waals surface area contributed by atoms with Crippen LogP contribution in [-0.2, 0) is 14.8 Å². The molecule has 0 saturated carbocycles. The van der Waals surface area contributed by atoms with E-state index in [1.54, 1.807) is 25.1 Å². The number of hydrogen-bond acceptors (Lipinski definition) is 3. The third kappa shape index (κ3) is 3.33. The van der Waals surface area contributed by atoms with Crippen LogP contribution in [0.1, 0.15) is 24.0 Å². The van der Waals surface area contributed by atoms with Crippen LogP contribution in [-0.4, -0.2) is 50.7 Å². The van der Waals surface area contributed by atoms with E-state index in [2.05, 4.69) is 0 Å². The van der Waals surface area contributed by atoms with Gasteiger partial charge in [0.25, 0.3) is 0 Å². The summed E-state index contributed by atoms with van der Waals surface area (Å²) in [6, 6.07) is 5.38. The van der Waals surface area contributed by atoms with Gasteiger partial charge in [-0.05, 0) is 38.3 Å². The lowest BCUT2D eigenvalue weighted by Crippen LogP contribution is -2.42. The number of hydrogen-bond donors (Lipinski definition) is 0. The zero-order chi connectivity index (χ0) is 16.5. The Bertz CT molecular complexity index is 660. The summed E-state index contributed by atoms with van der Waals surface area (Å²) in [4.78, 5) is 13.9. The Morgan fingerprint density at radius 1 is 1.18 bits per heavy atom. The molecule has 6 heteroatoms. The van der Waals surface area contributed by atoms with Crippen molar-refractivity contribution in [3.63, 3.8) is 0 Å². The molecule has 0 radical (unpaired) electrons. The summed E-state index contributed by atoms with van der Waals surface area (Å²) < 4.78 is 27.0. The highest BCUT2D eigenvalue weighted by atomic mass is 32.2. The second kappa shape index (κ2) is 6.38. The van der Waals surface area contributed by atoms with Crippen LogP contribution in [0.25, 0.3) is 0 Å². The van der Waals surface area contributed by atoms with E-state index in [0.29, 0.717) is 30.8 Å². The monoisotopic (exact) mass is 324 g/mol. The van der Waals surface area contributed by atoms with E-state index < -0.39 is 10.0 Å². The van der Waals surface area contributed by atoms with E-state index in [-0.39, 0.29) is 11.8 Å². The second-order valence-electron chi connectivity index (χ2n) is 6.18. The Labute approximate surface area is 133 Å². The molecule has 0 bridgehead atoms. The highest BCUT2D eigenvalue weighted by Gasteiger charge is 2.33. The van der Waals surface area contributed by atoms with Gasteiger partial charge in [0.15, 0.2) is 0 Å². The zero-order valence-electron chi connectivity index (χ0n) is 13.7. The van der Waals surface area contributed by atoms with Crippen LogP contribution in [0.3, 0.4) is 0 Å². The van der Waals surface area contributed by atoms with E-state index in [1.165, 1.54) is 4.31 Å². The molecule has 0 atom stereocenters. The Kier molecular flexibility index (Phi) is 4.92. The summed E-state index contributed by atoms with van der Waals surface area (Å²) in [5.41, 5.74) is 1.82. The molecule has 0 N–H and O–H groups in total. The van der Waals surface area contributed by atoms with Gasteiger partial charge >= 0.3 is 0 Å². The third-order valence-corrected chi connectivity index (χ3v) is 6.25. The van der Waals surface area contributed by atoms with E-state index in [9.17, 15) is 13.2 Å². The van der Waals surface area contributed by atoms with Gasteiger partial charge in [-0.25, -0.2) is 8.42 Å². The summed E-state index contributed by atoms with van der Waals surface area (Å²) >= 11 is 0. The molecule has 0 spiro atoms. The molecule has 2 rings (SSSR count). The molecule has 1 heterocycles. The number of aryl methyl sites for hydroxylation is 2. The number of sulfonamides is 1. The minimum atomic E-state index is -3.47. The van der Waals surface area contributed by atoms with Gasteiger partial charge in [-0.2, -0.15) is 4.31 Å². The first-order chi connectivity index (χ1) is 10.2. The van der Waals surface area contributed by atoms with Crippen LogP contribution in [0.4, 0.5) is 0 Å². The van der Waals surface area contributed by atoms with E-state index in [1.807, 2.05) is 26.0 Å². The van der Waals surface area contributed by atoms with Gasteiger partial charge in [0.2, 0.25) is 15.9 Å². The van der Waals surface area contributed by atoms with Crippen LogP contribution in [0.15, 0.2) is 23.1 Å². The van der Waals surface area contributed by atoms with Gasteiger partial charge < -0.3 is 4.90 Å². The molecule has 0 aliphatic carbocycles. The number of piperidine rings is 1. The first-order valence-electron chi connectivity index (χ1n) is 7.52. The molecule has 0 unspecified atom stereocenters. The van der Waals surface area contributed by atoms with Crippen molar-refractivity contribution in [1.82, 2.24) is 9.21 Å². The quantitative estimate of drug-likeness (QED) is 0.852. The molecular weight excluding hydrogens is 300 g/mol. The van der Waals surface area contributed by atoms with Gasteiger partial charge in [0.1, 0.15) is 0 Å². The molecule has 1 aliphatic heterocycles. The van der Waals surface area contributed by atoms with E-state index >= 15 is 0 Å². The van der Waals surface area contributed by atoms with Crippen molar-refractivity contribution in [3.8, 4) is 0 Å². The van der Waals surface area contributed by atoms with Crippen molar-refractivity contribution < 1.29 is 13.2 Å². The van der Waals surface area contributed by atoms with Crippen molar-refractivity contribution in [1.29, 1.82) is 0 Å². The number of rotatable bonds is 3. The summed E-state index contributed by atoms with van der Waals surface area (Å²) in [6.07, 6.45) is 1.17. The molecule has 1 amide bonds. The van der Waals surface area contributed by atoms with Gasteiger partial charge in [-0.3, -0.25) is 4.79 Å². The smallest absolute Gasteiger partial charge is 0.243 e. The average Bonchev–Trinajstić information content (AvgIpc) is 2.46. The standard InChI is InChI=1S/C16H24N2O3S/c1-12-5-6-15(13(2)11-12)22(20,21)18-9-7-14(8-10-18)16(19)17(3)4/h5-6,11,14H,7-10H2,1-4H3. The molecule has 0 aromatic heterocycles. The van der Waals surface area contributed by atoms with Crippen molar-refractivity contribution in [2.24, 2.45) is 5.92 Å². The molecule has 1 aliphatic rings. The highest BCUT2D eigenvalue weighted by molar-refractivity contribution is 7.89. The maximum atomic E-state index is 12.8. The van der Waals surface area contributed by atoms with E-state index in [4.69, 9.17) is 0 Å². The molecule has 1 aromatic carbocycles. The highest BCUT2D eigenvalue weighted by Crippen LogP contribution is 2.26. The number of carbonyl (C=O) groups is 1. The zero-order valence-corrected chi connectivity index (χ0v) is 14.5. The molecular formula is C16H24N2O3S. The first-order valence-corrected chi connectivity index (χ1v) is 8.96. The van der Waals surface area contributed by atoms with Crippen molar-refractivity contribution in [2.75, 3.05) is 27.2 Å². The fourth-order valence-electron chi connectivity index (χ4n) is 2.94. The molecule has 122 valence electrons. The lowest BCUT2D eigenvalue weighted by atomic mass is 9.97. The summed E-state index contributed by atoms with van der Waals surface area (Å²) in [7, 11) is 0.00402. The molecule has 22 heavy (non-hydrogen) atoms. The van der Waals surface area contributed by atoms with Gasteiger partial charge in [0.05, 0.1) is 4.90 Å². The molecule has 1 saturated heterocycles. The van der Waals surface area contributed by atoms with E-state index in [0.717, 1.165) is 11.1 Å². The molecule has 1 aromatic rings. The van der Waals surface area contributed by atoms with Crippen LogP contribution in [0.5, 0.6) is 0 Å². The second-order valence-corrected chi connectivity index (χ2v) is 8.09. The maximum Gasteiger partial charge on any atom is 0.243 e.